The Hall–Kier alpha value is -3.68. The number of amides is 2. The standard InChI is InChI=1S/C26H26ClN3O4/c1-3-24(32)30-23-7-5-4-6-22(23)29-18-10-11-19(21(27)15-18)25(33)20-14-17(9-8-16(20)2)26(34)28-12-13-31/h4-11,14-15,29,31H,3,12-13H2,1-2H3,(H,28,34)(H,30,32). The quantitative estimate of drug-likeness (QED) is 0.333. The van der Waals surface area contributed by atoms with E-state index < -0.39 is 0 Å². The van der Waals surface area contributed by atoms with E-state index in [0.29, 0.717) is 45.7 Å². The Labute approximate surface area is 203 Å². The van der Waals surface area contributed by atoms with Crippen molar-refractivity contribution in [1.82, 2.24) is 5.32 Å². The third-order valence-corrected chi connectivity index (χ3v) is 5.47. The van der Waals surface area contributed by atoms with Crippen molar-refractivity contribution in [2.24, 2.45) is 0 Å². The number of aliphatic hydroxyl groups is 1. The van der Waals surface area contributed by atoms with Gasteiger partial charge in [-0.2, -0.15) is 0 Å². The van der Waals surface area contributed by atoms with Crippen molar-refractivity contribution in [3.63, 3.8) is 0 Å². The molecule has 0 aliphatic rings. The number of nitrogens with one attached hydrogen (secondary N) is 3. The maximum Gasteiger partial charge on any atom is 0.251 e. The molecule has 0 heterocycles. The van der Waals surface area contributed by atoms with Crippen LogP contribution in [0.25, 0.3) is 0 Å². The van der Waals surface area contributed by atoms with E-state index in [2.05, 4.69) is 16.0 Å². The van der Waals surface area contributed by atoms with Gasteiger partial charge in [0.1, 0.15) is 0 Å². The summed E-state index contributed by atoms with van der Waals surface area (Å²) in [5.41, 5.74) is 3.68. The third-order valence-electron chi connectivity index (χ3n) is 5.16. The van der Waals surface area contributed by atoms with Crippen LogP contribution in [0.2, 0.25) is 5.02 Å². The average Bonchev–Trinajstić information content (AvgIpc) is 2.83. The fourth-order valence-electron chi connectivity index (χ4n) is 3.30. The van der Waals surface area contributed by atoms with E-state index in [9.17, 15) is 14.4 Å². The third kappa shape index (κ3) is 6.01. The fraction of sp³-hybridized carbons (Fsp3) is 0.192. The minimum Gasteiger partial charge on any atom is -0.395 e. The number of halogens is 1. The summed E-state index contributed by atoms with van der Waals surface area (Å²) in [6, 6.07) is 17.1. The summed E-state index contributed by atoms with van der Waals surface area (Å²) in [5.74, 6) is -0.778. The van der Waals surface area contributed by atoms with Crippen LogP contribution in [-0.4, -0.2) is 35.9 Å². The number of carbonyl (C=O) groups excluding carboxylic acids is 3. The highest BCUT2D eigenvalue weighted by Gasteiger charge is 2.18. The summed E-state index contributed by atoms with van der Waals surface area (Å²) in [6.45, 7) is 3.52. The molecule has 4 N–H and O–H groups in total. The van der Waals surface area contributed by atoms with Gasteiger partial charge in [-0.25, -0.2) is 0 Å². The van der Waals surface area contributed by atoms with Gasteiger partial charge < -0.3 is 21.1 Å². The van der Waals surface area contributed by atoms with Gasteiger partial charge in [0.05, 0.1) is 23.0 Å². The summed E-state index contributed by atoms with van der Waals surface area (Å²) < 4.78 is 0. The Morgan fingerprint density at radius 1 is 0.941 bits per heavy atom. The van der Waals surface area contributed by atoms with E-state index in [4.69, 9.17) is 16.7 Å². The van der Waals surface area contributed by atoms with Crippen LogP contribution in [0.15, 0.2) is 60.7 Å². The topological polar surface area (TPSA) is 108 Å². The molecule has 0 aliphatic heterocycles. The van der Waals surface area contributed by atoms with Crippen molar-refractivity contribution in [3.8, 4) is 0 Å². The molecule has 3 rings (SSSR count). The highest BCUT2D eigenvalue weighted by molar-refractivity contribution is 6.35. The van der Waals surface area contributed by atoms with Crippen LogP contribution >= 0.6 is 11.6 Å². The molecule has 0 unspecified atom stereocenters. The number of aliphatic hydroxyl groups excluding tert-OH is 1. The van der Waals surface area contributed by atoms with Gasteiger partial charge in [0.15, 0.2) is 5.78 Å². The molecule has 0 aliphatic carbocycles. The largest absolute Gasteiger partial charge is 0.395 e. The minimum atomic E-state index is -0.373. The summed E-state index contributed by atoms with van der Waals surface area (Å²) in [6.07, 6.45) is 0.362. The predicted molar refractivity (Wildman–Crippen MR) is 134 cm³/mol. The number of benzene rings is 3. The lowest BCUT2D eigenvalue weighted by atomic mass is 9.96. The first kappa shape index (κ1) is 25.0. The van der Waals surface area contributed by atoms with Crippen LogP contribution in [0.5, 0.6) is 0 Å². The number of ketones is 1. The van der Waals surface area contributed by atoms with Gasteiger partial charge in [-0.05, 0) is 55.0 Å². The molecule has 3 aromatic carbocycles. The van der Waals surface area contributed by atoms with Crippen LogP contribution in [0.3, 0.4) is 0 Å². The molecule has 0 saturated heterocycles. The van der Waals surface area contributed by atoms with Crippen molar-refractivity contribution in [1.29, 1.82) is 0 Å². The number of rotatable bonds is 9. The van der Waals surface area contributed by atoms with Gasteiger partial charge in [0.25, 0.3) is 5.91 Å². The van der Waals surface area contributed by atoms with Gasteiger partial charge in [-0.15, -0.1) is 0 Å². The lowest BCUT2D eigenvalue weighted by molar-refractivity contribution is -0.115. The van der Waals surface area contributed by atoms with Gasteiger partial charge in [0, 0.05) is 35.3 Å². The molecule has 7 nitrogen and oxygen atoms in total. The molecule has 0 bridgehead atoms. The Balaban J connectivity index is 1.84. The van der Waals surface area contributed by atoms with Crippen LogP contribution in [-0.2, 0) is 4.79 Å². The second kappa shape index (κ2) is 11.4. The molecule has 3 aromatic rings. The predicted octanol–water partition coefficient (Wildman–Crippen LogP) is 4.69. The summed E-state index contributed by atoms with van der Waals surface area (Å²) >= 11 is 6.47. The molecule has 176 valence electrons. The molecule has 2 amide bonds. The molecule has 0 saturated carbocycles. The first-order valence-electron chi connectivity index (χ1n) is 10.8. The van der Waals surface area contributed by atoms with Crippen LogP contribution in [0, 0.1) is 6.92 Å². The van der Waals surface area contributed by atoms with Crippen LogP contribution < -0.4 is 16.0 Å². The number of hydrogen-bond acceptors (Lipinski definition) is 5. The molecular weight excluding hydrogens is 454 g/mol. The second-order valence-electron chi connectivity index (χ2n) is 7.61. The Bertz CT molecular complexity index is 1230. The zero-order valence-electron chi connectivity index (χ0n) is 18.9. The van der Waals surface area contributed by atoms with Crippen molar-refractivity contribution in [2.75, 3.05) is 23.8 Å². The van der Waals surface area contributed by atoms with Crippen molar-refractivity contribution in [3.05, 3.63) is 87.9 Å². The molecular formula is C26H26ClN3O4. The zero-order chi connectivity index (χ0) is 24.7. The molecule has 0 spiro atoms. The summed E-state index contributed by atoms with van der Waals surface area (Å²) in [4.78, 5) is 37.3. The van der Waals surface area contributed by atoms with Crippen molar-refractivity contribution < 1.29 is 19.5 Å². The summed E-state index contributed by atoms with van der Waals surface area (Å²) in [7, 11) is 0. The number of carbonyl (C=O) groups is 3. The van der Waals surface area contributed by atoms with Gasteiger partial charge in [-0.3, -0.25) is 14.4 Å². The maximum absolute atomic E-state index is 13.2. The molecule has 0 aromatic heterocycles. The second-order valence-corrected chi connectivity index (χ2v) is 8.01. The normalized spacial score (nSPS) is 10.5. The van der Waals surface area contributed by atoms with E-state index in [1.807, 2.05) is 18.2 Å². The molecule has 0 atom stereocenters. The Morgan fingerprint density at radius 2 is 1.68 bits per heavy atom. The van der Waals surface area contributed by atoms with Gasteiger partial charge in [-0.1, -0.05) is 36.7 Å². The van der Waals surface area contributed by atoms with Crippen LogP contribution in [0.4, 0.5) is 17.1 Å². The van der Waals surface area contributed by atoms with Crippen molar-refractivity contribution >= 4 is 46.3 Å². The number of hydrogen-bond donors (Lipinski definition) is 4. The number of para-hydroxylation sites is 2. The Kier molecular flexibility index (Phi) is 8.40. The highest BCUT2D eigenvalue weighted by Crippen LogP contribution is 2.29. The maximum atomic E-state index is 13.2. The number of aryl methyl sites for hydroxylation is 1. The SMILES string of the molecule is CCC(=O)Nc1ccccc1Nc1ccc(C(=O)c2cc(C(=O)NCCO)ccc2C)c(Cl)c1. The van der Waals surface area contributed by atoms with Crippen molar-refractivity contribution in [2.45, 2.75) is 20.3 Å². The molecule has 0 radical (unpaired) electrons. The minimum absolute atomic E-state index is 0.101. The molecule has 0 fully saturated rings. The zero-order valence-corrected chi connectivity index (χ0v) is 19.7. The monoisotopic (exact) mass is 479 g/mol. The summed E-state index contributed by atoms with van der Waals surface area (Å²) in [5, 5.41) is 17.8. The molecule has 8 heteroatoms. The first-order chi connectivity index (χ1) is 16.3. The van der Waals surface area contributed by atoms with E-state index in [1.165, 1.54) is 6.07 Å². The molecule has 34 heavy (non-hydrogen) atoms. The lowest BCUT2D eigenvalue weighted by Crippen LogP contribution is -2.26. The number of anilines is 3. The van der Waals surface area contributed by atoms with E-state index >= 15 is 0 Å². The van der Waals surface area contributed by atoms with E-state index in [-0.39, 0.29) is 35.8 Å². The lowest BCUT2D eigenvalue weighted by Gasteiger charge is -2.14. The van der Waals surface area contributed by atoms with E-state index in [0.717, 1.165) is 0 Å². The van der Waals surface area contributed by atoms with E-state index in [1.54, 1.807) is 50.2 Å². The fourth-order valence-corrected chi connectivity index (χ4v) is 3.56. The Morgan fingerprint density at radius 3 is 2.35 bits per heavy atom. The smallest absolute Gasteiger partial charge is 0.251 e. The van der Waals surface area contributed by atoms with Gasteiger partial charge in [0.2, 0.25) is 5.91 Å². The highest BCUT2D eigenvalue weighted by atomic mass is 35.5. The van der Waals surface area contributed by atoms with Crippen LogP contribution in [0.1, 0.15) is 45.2 Å². The average molecular weight is 480 g/mol. The van der Waals surface area contributed by atoms with Gasteiger partial charge >= 0.3 is 0 Å². The first-order valence-corrected chi connectivity index (χ1v) is 11.2.